The molecule has 3 aromatic rings. The van der Waals surface area contributed by atoms with Crippen molar-refractivity contribution in [1.29, 1.82) is 0 Å². The molecule has 1 aromatic heterocycles. The molecule has 6 heteroatoms. The van der Waals surface area contributed by atoms with Crippen LogP contribution < -0.4 is 16.1 Å². The van der Waals surface area contributed by atoms with E-state index in [9.17, 15) is 9.59 Å². The van der Waals surface area contributed by atoms with Gasteiger partial charge < -0.3 is 4.74 Å². The van der Waals surface area contributed by atoms with Gasteiger partial charge in [0.2, 0.25) is 0 Å². The van der Waals surface area contributed by atoms with E-state index in [1.807, 2.05) is 68.5 Å². The quantitative estimate of drug-likeness (QED) is 0.566. The second-order valence-corrected chi connectivity index (χ2v) is 9.84. The first-order valence-electron chi connectivity index (χ1n) is 10.6. The van der Waals surface area contributed by atoms with E-state index < -0.39 is 5.60 Å². The standard InChI is InChI=1S/C25H27N3O3/c1-24(2,3)16-10-12-17(13-11-16)27-22(29)26-15-14-19-21(28(26)23(27)30)18-8-6-7-9-20(18)31-25(19,4)5/h6-14,21H,15H2,1-5H3. The molecule has 0 bridgehead atoms. The zero-order valence-electron chi connectivity index (χ0n) is 18.5. The third kappa shape index (κ3) is 2.85. The Kier molecular flexibility index (Phi) is 4.04. The fourth-order valence-corrected chi connectivity index (χ4v) is 4.68. The fourth-order valence-electron chi connectivity index (χ4n) is 4.68. The number of aromatic nitrogens is 3. The van der Waals surface area contributed by atoms with Crippen LogP contribution in [-0.4, -0.2) is 19.5 Å². The minimum absolute atomic E-state index is 0.00520. The van der Waals surface area contributed by atoms with Crippen molar-refractivity contribution in [3.05, 3.63) is 92.3 Å². The Labute approximate surface area is 181 Å². The summed E-state index contributed by atoms with van der Waals surface area (Å²) in [6.07, 6.45) is 2.02. The maximum atomic E-state index is 13.6. The third-order valence-electron chi connectivity index (χ3n) is 6.35. The van der Waals surface area contributed by atoms with E-state index in [-0.39, 0.29) is 22.8 Å². The van der Waals surface area contributed by atoms with Crippen LogP contribution in [0.3, 0.4) is 0 Å². The Morgan fingerprint density at radius 2 is 1.65 bits per heavy atom. The molecular weight excluding hydrogens is 390 g/mol. The van der Waals surface area contributed by atoms with Gasteiger partial charge in [-0.05, 0) is 48.6 Å². The Morgan fingerprint density at radius 1 is 0.968 bits per heavy atom. The van der Waals surface area contributed by atoms with E-state index in [1.165, 1.54) is 9.25 Å². The molecule has 0 N–H and O–H groups in total. The number of rotatable bonds is 1. The van der Waals surface area contributed by atoms with Crippen molar-refractivity contribution < 1.29 is 4.74 Å². The molecule has 5 rings (SSSR count). The van der Waals surface area contributed by atoms with Crippen LogP contribution in [0.4, 0.5) is 0 Å². The number of hydrogen-bond acceptors (Lipinski definition) is 3. The molecular formula is C25H27N3O3. The van der Waals surface area contributed by atoms with E-state index in [0.29, 0.717) is 12.2 Å². The summed E-state index contributed by atoms with van der Waals surface area (Å²) < 4.78 is 10.6. The summed E-state index contributed by atoms with van der Waals surface area (Å²) in [5.74, 6) is 0.740. The summed E-state index contributed by atoms with van der Waals surface area (Å²) in [5.41, 5.74) is 2.38. The average Bonchev–Trinajstić information content (AvgIpc) is 2.97. The van der Waals surface area contributed by atoms with Gasteiger partial charge in [-0.2, -0.15) is 0 Å². The molecule has 3 heterocycles. The molecule has 0 fully saturated rings. The zero-order valence-corrected chi connectivity index (χ0v) is 18.5. The number of hydrogen-bond donors (Lipinski definition) is 0. The highest BCUT2D eigenvalue weighted by Gasteiger charge is 2.43. The number of para-hydroxylation sites is 1. The predicted molar refractivity (Wildman–Crippen MR) is 120 cm³/mol. The molecule has 160 valence electrons. The average molecular weight is 418 g/mol. The molecule has 2 aliphatic heterocycles. The highest BCUT2D eigenvalue weighted by Crippen LogP contribution is 2.45. The van der Waals surface area contributed by atoms with Crippen molar-refractivity contribution in [1.82, 2.24) is 13.9 Å². The lowest BCUT2D eigenvalue weighted by molar-refractivity contribution is 0.113. The van der Waals surface area contributed by atoms with E-state index in [1.54, 1.807) is 4.68 Å². The first-order chi connectivity index (χ1) is 14.6. The SMILES string of the molecule is CC1(C)Oc2ccccc2C2C1=CCn1c(=O)n(-c3ccc(C(C)(C)C)cc3)c(=O)n12. The number of nitrogens with zero attached hydrogens (tertiary/aromatic N) is 3. The lowest BCUT2D eigenvalue weighted by Crippen LogP contribution is -2.46. The minimum atomic E-state index is -0.573. The first-order valence-corrected chi connectivity index (χ1v) is 10.6. The van der Waals surface area contributed by atoms with Crippen LogP contribution in [0.15, 0.2) is 69.8 Å². The molecule has 6 nitrogen and oxygen atoms in total. The Bertz CT molecular complexity index is 1330. The van der Waals surface area contributed by atoms with Crippen LogP contribution in [0.2, 0.25) is 0 Å². The number of ether oxygens (including phenoxy) is 1. The molecule has 0 amide bonds. The lowest BCUT2D eigenvalue weighted by Gasteiger charge is -2.42. The highest BCUT2D eigenvalue weighted by molar-refractivity contribution is 5.48. The van der Waals surface area contributed by atoms with Gasteiger partial charge in [0.1, 0.15) is 17.4 Å². The molecule has 2 aromatic carbocycles. The minimum Gasteiger partial charge on any atom is -0.483 e. The summed E-state index contributed by atoms with van der Waals surface area (Å²) in [4.78, 5) is 26.9. The second kappa shape index (κ2) is 6.36. The van der Waals surface area contributed by atoms with Crippen LogP contribution in [0.1, 0.15) is 51.8 Å². The molecule has 0 saturated carbocycles. The van der Waals surface area contributed by atoms with Crippen molar-refractivity contribution in [2.75, 3.05) is 0 Å². The van der Waals surface area contributed by atoms with E-state index >= 15 is 0 Å². The van der Waals surface area contributed by atoms with Crippen LogP contribution in [0.5, 0.6) is 5.75 Å². The number of allylic oxidation sites excluding steroid dienone is 1. The highest BCUT2D eigenvalue weighted by atomic mass is 16.5. The van der Waals surface area contributed by atoms with Gasteiger partial charge >= 0.3 is 11.4 Å². The van der Waals surface area contributed by atoms with Gasteiger partial charge in [-0.1, -0.05) is 57.2 Å². The lowest BCUT2D eigenvalue weighted by atomic mass is 9.83. The number of fused-ring (bicyclic) bond motifs is 5. The molecule has 0 saturated heterocycles. The van der Waals surface area contributed by atoms with Crippen molar-refractivity contribution in [3.63, 3.8) is 0 Å². The largest absolute Gasteiger partial charge is 0.483 e. The molecule has 31 heavy (non-hydrogen) atoms. The maximum Gasteiger partial charge on any atom is 0.352 e. The molecule has 0 spiro atoms. The Morgan fingerprint density at radius 3 is 2.32 bits per heavy atom. The van der Waals surface area contributed by atoms with Crippen molar-refractivity contribution in [2.24, 2.45) is 0 Å². The van der Waals surface area contributed by atoms with Gasteiger partial charge in [0, 0.05) is 5.56 Å². The predicted octanol–water partition coefficient (Wildman–Crippen LogP) is 3.80. The first kappa shape index (κ1) is 19.7. The maximum absolute atomic E-state index is 13.6. The van der Waals surface area contributed by atoms with Gasteiger partial charge in [0.05, 0.1) is 12.2 Å². The van der Waals surface area contributed by atoms with E-state index in [0.717, 1.165) is 22.4 Å². The zero-order chi connectivity index (χ0) is 22.1. The smallest absolute Gasteiger partial charge is 0.352 e. The van der Waals surface area contributed by atoms with Gasteiger partial charge in [-0.3, -0.25) is 0 Å². The van der Waals surface area contributed by atoms with Crippen molar-refractivity contribution in [2.45, 2.75) is 58.2 Å². The molecule has 0 radical (unpaired) electrons. The van der Waals surface area contributed by atoms with Crippen molar-refractivity contribution >= 4 is 0 Å². The molecule has 0 aliphatic carbocycles. The normalized spacial score (nSPS) is 19.0. The van der Waals surface area contributed by atoms with E-state index in [2.05, 4.69) is 20.8 Å². The van der Waals surface area contributed by atoms with Gasteiger partial charge in [0.15, 0.2) is 0 Å². The van der Waals surface area contributed by atoms with Gasteiger partial charge in [-0.25, -0.2) is 23.5 Å². The summed E-state index contributed by atoms with van der Waals surface area (Å²) in [6.45, 7) is 10.8. The Balaban J connectivity index is 1.71. The summed E-state index contributed by atoms with van der Waals surface area (Å²) in [5, 5.41) is 0. The van der Waals surface area contributed by atoms with Crippen molar-refractivity contribution in [3.8, 4) is 11.4 Å². The third-order valence-corrected chi connectivity index (χ3v) is 6.35. The van der Waals surface area contributed by atoms with Gasteiger partial charge in [0.25, 0.3) is 0 Å². The van der Waals surface area contributed by atoms with Crippen LogP contribution in [0.25, 0.3) is 5.69 Å². The summed E-state index contributed by atoms with van der Waals surface area (Å²) >= 11 is 0. The summed E-state index contributed by atoms with van der Waals surface area (Å²) in [7, 11) is 0. The Hall–Kier alpha value is -3.28. The molecule has 1 atom stereocenters. The fraction of sp³-hybridized carbons (Fsp3) is 0.360. The molecule has 2 aliphatic rings. The van der Waals surface area contributed by atoms with Crippen LogP contribution >= 0.6 is 0 Å². The van der Waals surface area contributed by atoms with Gasteiger partial charge in [-0.15, -0.1) is 0 Å². The topological polar surface area (TPSA) is 58.2 Å². The number of benzene rings is 2. The van der Waals surface area contributed by atoms with E-state index in [4.69, 9.17) is 4.74 Å². The molecule has 1 unspecified atom stereocenters. The van der Waals surface area contributed by atoms with Crippen LogP contribution in [0, 0.1) is 0 Å². The summed E-state index contributed by atoms with van der Waals surface area (Å²) in [6, 6.07) is 15.0. The second-order valence-electron chi connectivity index (χ2n) is 9.84. The van der Waals surface area contributed by atoms with Crippen LogP contribution in [-0.2, 0) is 12.0 Å². The monoisotopic (exact) mass is 417 g/mol.